The van der Waals surface area contributed by atoms with E-state index < -0.39 is 12.1 Å². The molecule has 0 aliphatic rings. The molecule has 6 heteroatoms. The van der Waals surface area contributed by atoms with Gasteiger partial charge in [0.2, 0.25) is 0 Å². The zero-order valence-electron chi connectivity index (χ0n) is 31.1. The van der Waals surface area contributed by atoms with E-state index in [0.29, 0.717) is 30.3 Å². The van der Waals surface area contributed by atoms with Crippen molar-refractivity contribution < 1.29 is 28.5 Å². The Morgan fingerprint density at radius 3 is 1.42 bits per heavy atom. The van der Waals surface area contributed by atoms with Gasteiger partial charge in [0, 0.05) is 0 Å². The first kappa shape index (κ1) is 40.6. The van der Waals surface area contributed by atoms with Gasteiger partial charge in [0.1, 0.15) is 17.2 Å². The van der Waals surface area contributed by atoms with E-state index in [0.717, 1.165) is 36.1 Å². The monoisotopic (exact) mass is 686 g/mol. The molecule has 50 heavy (non-hydrogen) atoms. The fraction of sp³-hybridized carbons (Fsp3) is 0.545. The van der Waals surface area contributed by atoms with Crippen LogP contribution < -0.4 is 14.2 Å². The largest absolute Gasteiger partial charge is 0.494 e. The second kappa shape index (κ2) is 25.2. The van der Waals surface area contributed by atoms with Crippen LogP contribution in [-0.2, 0) is 9.53 Å². The lowest BCUT2D eigenvalue weighted by atomic mass is 10.1. The molecule has 0 N–H and O–H groups in total. The van der Waals surface area contributed by atoms with E-state index in [-0.39, 0.29) is 5.97 Å². The van der Waals surface area contributed by atoms with E-state index in [9.17, 15) is 9.59 Å². The number of hydrogen-bond donors (Lipinski definition) is 0. The lowest BCUT2D eigenvalue weighted by Crippen LogP contribution is -2.26. The average Bonchev–Trinajstić information content (AvgIpc) is 3.14. The first-order valence-electron chi connectivity index (χ1n) is 19.5. The summed E-state index contributed by atoms with van der Waals surface area (Å²) in [5.74, 6) is 1.09. The molecule has 3 rings (SSSR count). The highest BCUT2D eigenvalue weighted by Crippen LogP contribution is 2.26. The molecular formula is C44H62O6. The Kier molecular flexibility index (Phi) is 20.5. The van der Waals surface area contributed by atoms with Gasteiger partial charge >= 0.3 is 11.9 Å². The third kappa shape index (κ3) is 16.7. The molecule has 0 aliphatic carbocycles. The van der Waals surface area contributed by atoms with Crippen LogP contribution in [0, 0.1) is 0 Å². The van der Waals surface area contributed by atoms with Crippen LogP contribution in [0.1, 0.15) is 147 Å². The zero-order chi connectivity index (χ0) is 35.7. The lowest BCUT2D eigenvalue weighted by molar-refractivity contribution is -0.151. The first-order valence-corrected chi connectivity index (χ1v) is 19.5. The third-order valence-electron chi connectivity index (χ3n) is 9.00. The van der Waals surface area contributed by atoms with Crippen molar-refractivity contribution >= 4 is 11.9 Å². The Balaban J connectivity index is 1.31. The number of rotatable bonds is 27. The molecule has 0 aliphatic heterocycles. The van der Waals surface area contributed by atoms with Gasteiger partial charge in [-0.25, -0.2) is 9.59 Å². The van der Waals surface area contributed by atoms with E-state index in [1.807, 2.05) is 48.5 Å². The van der Waals surface area contributed by atoms with Crippen molar-refractivity contribution in [3.05, 3.63) is 78.4 Å². The second-order valence-electron chi connectivity index (χ2n) is 13.4. The molecule has 3 aromatic rings. The van der Waals surface area contributed by atoms with Crippen molar-refractivity contribution in [1.29, 1.82) is 0 Å². The highest BCUT2D eigenvalue weighted by molar-refractivity contribution is 5.91. The second-order valence-corrected chi connectivity index (χ2v) is 13.4. The summed E-state index contributed by atoms with van der Waals surface area (Å²) >= 11 is 0. The molecule has 0 amide bonds. The topological polar surface area (TPSA) is 71.1 Å². The summed E-state index contributed by atoms with van der Waals surface area (Å²) in [6.07, 6.45) is 21.9. The van der Waals surface area contributed by atoms with Gasteiger partial charge < -0.3 is 18.9 Å². The van der Waals surface area contributed by atoms with Crippen LogP contribution in [0.3, 0.4) is 0 Å². The van der Waals surface area contributed by atoms with Crippen molar-refractivity contribution in [2.75, 3.05) is 13.2 Å². The fourth-order valence-corrected chi connectivity index (χ4v) is 5.85. The SMILES string of the molecule is CCCCCCCCCCCCOC(=O)C(C)Oc1ccc(-c2ccc(OC(=O)c3ccc(OCCCCCCCCCC)cc3)cc2)cc1. The molecule has 0 aromatic heterocycles. The minimum Gasteiger partial charge on any atom is -0.494 e. The summed E-state index contributed by atoms with van der Waals surface area (Å²) in [6.45, 7) is 7.34. The summed E-state index contributed by atoms with van der Waals surface area (Å²) in [4.78, 5) is 25.1. The van der Waals surface area contributed by atoms with Crippen LogP contribution in [0.15, 0.2) is 72.8 Å². The van der Waals surface area contributed by atoms with E-state index >= 15 is 0 Å². The summed E-state index contributed by atoms with van der Waals surface area (Å²) in [5.41, 5.74) is 2.42. The van der Waals surface area contributed by atoms with Gasteiger partial charge in [-0.1, -0.05) is 141 Å². The Morgan fingerprint density at radius 1 is 0.500 bits per heavy atom. The van der Waals surface area contributed by atoms with E-state index in [4.69, 9.17) is 18.9 Å². The highest BCUT2D eigenvalue weighted by atomic mass is 16.6. The van der Waals surface area contributed by atoms with Gasteiger partial charge in [0.25, 0.3) is 0 Å². The van der Waals surface area contributed by atoms with Crippen molar-refractivity contribution in [1.82, 2.24) is 0 Å². The number of unbranched alkanes of at least 4 members (excludes halogenated alkanes) is 16. The maximum Gasteiger partial charge on any atom is 0.347 e. The van der Waals surface area contributed by atoms with Crippen LogP contribution in [-0.4, -0.2) is 31.3 Å². The number of carbonyl (C=O) groups excluding carboxylic acids is 2. The van der Waals surface area contributed by atoms with E-state index in [1.165, 1.54) is 96.3 Å². The Hall–Kier alpha value is -3.80. The summed E-state index contributed by atoms with van der Waals surface area (Å²) in [7, 11) is 0. The van der Waals surface area contributed by atoms with E-state index in [2.05, 4.69) is 13.8 Å². The molecule has 1 atom stereocenters. The van der Waals surface area contributed by atoms with Gasteiger partial charge in [-0.05, 0) is 79.4 Å². The number of esters is 2. The molecule has 274 valence electrons. The van der Waals surface area contributed by atoms with Crippen LogP contribution in [0.5, 0.6) is 17.2 Å². The van der Waals surface area contributed by atoms with Gasteiger partial charge in [-0.3, -0.25) is 0 Å². The van der Waals surface area contributed by atoms with Crippen molar-refractivity contribution in [3.8, 4) is 28.4 Å². The minimum atomic E-state index is -0.679. The van der Waals surface area contributed by atoms with Gasteiger partial charge in [-0.2, -0.15) is 0 Å². The van der Waals surface area contributed by atoms with Crippen molar-refractivity contribution in [2.24, 2.45) is 0 Å². The van der Waals surface area contributed by atoms with Crippen LogP contribution in [0.25, 0.3) is 11.1 Å². The number of benzene rings is 3. The van der Waals surface area contributed by atoms with Crippen LogP contribution in [0.4, 0.5) is 0 Å². The normalized spacial score (nSPS) is 11.6. The molecule has 6 nitrogen and oxygen atoms in total. The molecule has 3 aromatic carbocycles. The van der Waals surface area contributed by atoms with Gasteiger partial charge in [0.05, 0.1) is 18.8 Å². The van der Waals surface area contributed by atoms with Gasteiger partial charge in [-0.15, -0.1) is 0 Å². The highest BCUT2D eigenvalue weighted by Gasteiger charge is 2.16. The number of hydrogen-bond acceptors (Lipinski definition) is 6. The smallest absolute Gasteiger partial charge is 0.347 e. The fourth-order valence-electron chi connectivity index (χ4n) is 5.85. The molecule has 0 saturated heterocycles. The minimum absolute atomic E-state index is 0.339. The quantitative estimate of drug-likeness (QED) is 0.0451. The molecule has 0 fully saturated rings. The molecule has 0 saturated carbocycles. The maximum absolute atomic E-state index is 12.7. The van der Waals surface area contributed by atoms with Crippen LogP contribution in [0.2, 0.25) is 0 Å². The zero-order valence-corrected chi connectivity index (χ0v) is 31.1. The standard InChI is InChI=1S/C44H62O6/c1-4-6-8-10-12-14-15-17-19-21-35-48-43(45)36(3)49-41-30-22-37(23-31-41)38-24-32-42(33-25-38)50-44(46)39-26-28-40(29-27-39)47-34-20-18-16-13-11-9-7-5-2/h22-33,36H,4-21,34-35H2,1-3H3. The molecule has 0 spiro atoms. The summed E-state index contributed by atoms with van der Waals surface area (Å²) < 4.78 is 22.7. The average molecular weight is 687 g/mol. The van der Waals surface area contributed by atoms with Crippen molar-refractivity contribution in [3.63, 3.8) is 0 Å². The Morgan fingerprint density at radius 2 is 0.920 bits per heavy atom. The summed E-state index contributed by atoms with van der Waals surface area (Å²) in [6, 6.07) is 22.1. The first-order chi connectivity index (χ1) is 24.5. The van der Waals surface area contributed by atoms with Gasteiger partial charge in [0.15, 0.2) is 6.10 Å². The Labute approximate surface area is 302 Å². The predicted octanol–water partition coefficient (Wildman–Crippen LogP) is 12.3. The molecule has 0 radical (unpaired) electrons. The third-order valence-corrected chi connectivity index (χ3v) is 9.00. The Bertz CT molecular complexity index is 1320. The molecule has 0 bridgehead atoms. The molecular weight excluding hydrogens is 624 g/mol. The molecule has 1 unspecified atom stereocenters. The molecule has 0 heterocycles. The lowest BCUT2D eigenvalue weighted by Gasteiger charge is -2.14. The number of carbonyl (C=O) groups is 2. The number of ether oxygens (including phenoxy) is 4. The predicted molar refractivity (Wildman–Crippen MR) is 204 cm³/mol. The van der Waals surface area contributed by atoms with Crippen molar-refractivity contribution in [2.45, 2.75) is 142 Å². The maximum atomic E-state index is 12.7. The summed E-state index contributed by atoms with van der Waals surface area (Å²) in [5, 5.41) is 0. The van der Waals surface area contributed by atoms with Crippen LogP contribution >= 0.6 is 0 Å². The van der Waals surface area contributed by atoms with E-state index in [1.54, 1.807) is 31.2 Å².